The van der Waals surface area contributed by atoms with Crippen molar-refractivity contribution in [3.8, 4) is 11.4 Å². The Bertz CT molecular complexity index is 1020. The monoisotopic (exact) mass is 444 g/mol. The summed E-state index contributed by atoms with van der Waals surface area (Å²) in [6.45, 7) is 7.99. The number of amides is 1. The fraction of sp³-hybridized carbons (Fsp3) is 0.227. The van der Waals surface area contributed by atoms with Gasteiger partial charge >= 0.3 is 0 Å². The fourth-order valence-electron chi connectivity index (χ4n) is 2.86. The van der Waals surface area contributed by atoms with Gasteiger partial charge in [0.1, 0.15) is 5.82 Å². The molecule has 8 heteroatoms. The first-order valence-electron chi connectivity index (χ1n) is 9.41. The number of hydrogen-bond donors (Lipinski definition) is 1. The van der Waals surface area contributed by atoms with Gasteiger partial charge in [0.05, 0.1) is 11.3 Å². The molecule has 3 aromatic rings. The molecule has 5 nitrogen and oxygen atoms in total. The van der Waals surface area contributed by atoms with Crippen LogP contribution < -0.4 is 5.32 Å². The average Bonchev–Trinajstić information content (AvgIpc) is 3.11. The summed E-state index contributed by atoms with van der Waals surface area (Å²) in [6, 6.07) is 13.2. The molecule has 0 radical (unpaired) electrons. The lowest BCUT2D eigenvalue weighted by Crippen LogP contribution is -2.33. The van der Waals surface area contributed by atoms with E-state index in [-0.39, 0.29) is 17.8 Å². The Morgan fingerprint density at radius 1 is 1.20 bits per heavy atom. The Labute approximate surface area is 184 Å². The number of thioether (sulfide) groups is 1. The van der Waals surface area contributed by atoms with Gasteiger partial charge in [0, 0.05) is 17.1 Å². The maximum absolute atomic E-state index is 13.1. The van der Waals surface area contributed by atoms with Gasteiger partial charge in [-0.15, -0.1) is 16.8 Å². The second-order valence-electron chi connectivity index (χ2n) is 6.75. The molecule has 30 heavy (non-hydrogen) atoms. The van der Waals surface area contributed by atoms with E-state index in [1.165, 1.54) is 23.9 Å². The second kappa shape index (κ2) is 9.91. The number of allylic oxidation sites excluding steroid dienone is 1. The first-order chi connectivity index (χ1) is 14.4. The summed E-state index contributed by atoms with van der Waals surface area (Å²) >= 11 is 7.30. The van der Waals surface area contributed by atoms with Gasteiger partial charge in [0.25, 0.3) is 0 Å². The van der Waals surface area contributed by atoms with E-state index in [9.17, 15) is 9.18 Å². The van der Waals surface area contributed by atoms with Crippen molar-refractivity contribution in [3.63, 3.8) is 0 Å². The summed E-state index contributed by atoms with van der Waals surface area (Å²) in [4.78, 5) is 12.7. The molecule has 0 aliphatic heterocycles. The van der Waals surface area contributed by atoms with E-state index in [1.54, 1.807) is 30.3 Å². The highest BCUT2D eigenvalue weighted by Crippen LogP contribution is 2.28. The molecular formula is C22H22ClFN4OS. The number of nitrogens with zero attached hydrogens (tertiary/aromatic N) is 3. The van der Waals surface area contributed by atoms with Crippen LogP contribution in [0.5, 0.6) is 0 Å². The summed E-state index contributed by atoms with van der Waals surface area (Å²) < 4.78 is 15.0. The number of benzene rings is 2. The Balaban J connectivity index is 1.73. The number of aromatic nitrogens is 3. The van der Waals surface area contributed by atoms with Gasteiger partial charge in [-0.2, -0.15) is 0 Å². The van der Waals surface area contributed by atoms with Gasteiger partial charge in [-0.05, 0) is 55.8 Å². The van der Waals surface area contributed by atoms with Crippen molar-refractivity contribution in [2.75, 3.05) is 0 Å². The zero-order valence-electron chi connectivity index (χ0n) is 16.7. The summed E-state index contributed by atoms with van der Waals surface area (Å²) in [5.41, 5.74) is 1.71. The van der Waals surface area contributed by atoms with Crippen LogP contribution in [0.3, 0.4) is 0 Å². The Kier molecular flexibility index (Phi) is 7.29. The van der Waals surface area contributed by atoms with E-state index in [0.717, 1.165) is 11.1 Å². The lowest BCUT2D eigenvalue weighted by molar-refractivity contribution is -0.120. The molecule has 0 bridgehead atoms. The third-order valence-electron chi connectivity index (χ3n) is 4.51. The molecule has 0 saturated heterocycles. The standard InChI is InChI=1S/C22H22ClFN4OS/c1-4-13-28-20(17-5-9-18(23)10-6-17)26-27-22(28)30-15(3)21(29)25-14(2)16-7-11-19(24)12-8-16/h4-12,14-15H,1,13H2,2-3H3,(H,25,29). The maximum atomic E-state index is 13.1. The minimum absolute atomic E-state index is 0.141. The molecule has 156 valence electrons. The van der Waals surface area contributed by atoms with E-state index in [2.05, 4.69) is 22.1 Å². The van der Waals surface area contributed by atoms with Crippen LogP contribution in [-0.2, 0) is 11.3 Å². The number of nitrogens with one attached hydrogen (secondary N) is 1. The molecule has 0 aliphatic rings. The molecule has 0 spiro atoms. The molecule has 2 unspecified atom stereocenters. The fourth-order valence-corrected chi connectivity index (χ4v) is 3.85. The molecule has 1 aromatic heterocycles. The van der Waals surface area contributed by atoms with Gasteiger partial charge in [-0.25, -0.2) is 4.39 Å². The van der Waals surface area contributed by atoms with Crippen molar-refractivity contribution in [2.45, 2.75) is 36.8 Å². The molecule has 0 fully saturated rings. The minimum Gasteiger partial charge on any atom is -0.349 e. The van der Waals surface area contributed by atoms with Crippen LogP contribution in [0.2, 0.25) is 5.02 Å². The van der Waals surface area contributed by atoms with Crippen LogP contribution in [-0.4, -0.2) is 25.9 Å². The van der Waals surface area contributed by atoms with Crippen LogP contribution >= 0.6 is 23.4 Å². The SMILES string of the molecule is C=CCn1c(SC(C)C(=O)NC(C)c2ccc(F)cc2)nnc1-c1ccc(Cl)cc1. The number of carbonyl (C=O) groups excluding carboxylic acids is 1. The normalized spacial score (nSPS) is 12.9. The lowest BCUT2D eigenvalue weighted by atomic mass is 10.1. The predicted octanol–water partition coefficient (Wildman–Crippen LogP) is 5.28. The van der Waals surface area contributed by atoms with Crippen molar-refractivity contribution in [1.29, 1.82) is 0 Å². The molecule has 1 heterocycles. The Hall–Kier alpha value is -2.64. The van der Waals surface area contributed by atoms with Crippen LogP contribution in [0.15, 0.2) is 66.3 Å². The zero-order valence-corrected chi connectivity index (χ0v) is 18.3. The van der Waals surface area contributed by atoms with Gasteiger partial charge < -0.3 is 5.32 Å². The molecule has 2 aromatic carbocycles. The van der Waals surface area contributed by atoms with E-state index < -0.39 is 5.25 Å². The van der Waals surface area contributed by atoms with E-state index in [4.69, 9.17) is 11.6 Å². The average molecular weight is 445 g/mol. The number of halogens is 2. The van der Waals surface area contributed by atoms with Gasteiger partial charge in [-0.1, -0.05) is 41.6 Å². The topological polar surface area (TPSA) is 59.8 Å². The van der Waals surface area contributed by atoms with Gasteiger partial charge in [0.2, 0.25) is 5.91 Å². The van der Waals surface area contributed by atoms with Crippen molar-refractivity contribution in [1.82, 2.24) is 20.1 Å². The third kappa shape index (κ3) is 5.29. The first kappa shape index (κ1) is 22.1. The van der Waals surface area contributed by atoms with Crippen molar-refractivity contribution >= 4 is 29.3 Å². The molecule has 3 rings (SSSR count). The van der Waals surface area contributed by atoms with E-state index >= 15 is 0 Å². The minimum atomic E-state index is -0.404. The molecule has 2 atom stereocenters. The van der Waals surface area contributed by atoms with Crippen molar-refractivity contribution < 1.29 is 9.18 Å². The highest BCUT2D eigenvalue weighted by Gasteiger charge is 2.22. The number of rotatable bonds is 8. The Morgan fingerprint density at radius 3 is 2.50 bits per heavy atom. The van der Waals surface area contributed by atoms with Crippen molar-refractivity contribution in [2.24, 2.45) is 0 Å². The van der Waals surface area contributed by atoms with Crippen LogP contribution in [0.4, 0.5) is 4.39 Å². The summed E-state index contributed by atoms with van der Waals surface area (Å²) in [5, 5.41) is 12.4. The van der Waals surface area contributed by atoms with Crippen LogP contribution in [0.25, 0.3) is 11.4 Å². The molecule has 0 aliphatic carbocycles. The highest BCUT2D eigenvalue weighted by molar-refractivity contribution is 8.00. The van der Waals surface area contributed by atoms with Crippen LogP contribution in [0.1, 0.15) is 25.5 Å². The second-order valence-corrected chi connectivity index (χ2v) is 8.50. The van der Waals surface area contributed by atoms with Gasteiger partial charge in [0.15, 0.2) is 11.0 Å². The summed E-state index contributed by atoms with van der Waals surface area (Å²) in [7, 11) is 0. The quantitative estimate of drug-likeness (QED) is 0.379. The molecule has 1 amide bonds. The highest BCUT2D eigenvalue weighted by atomic mass is 35.5. The van der Waals surface area contributed by atoms with Crippen LogP contribution in [0, 0.1) is 5.82 Å². The first-order valence-corrected chi connectivity index (χ1v) is 10.7. The number of carbonyl (C=O) groups is 1. The Morgan fingerprint density at radius 2 is 1.87 bits per heavy atom. The maximum Gasteiger partial charge on any atom is 0.233 e. The largest absolute Gasteiger partial charge is 0.349 e. The van der Waals surface area contributed by atoms with Gasteiger partial charge in [-0.3, -0.25) is 9.36 Å². The van der Waals surface area contributed by atoms with Crippen molar-refractivity contribution in [3.05, 3.63) is 77.6 Å². The summed E-state index contributed by atoms with van der Waals surface area (Å²) in [6.07, 6.45) is 1.76. The lowest BCUT2D eigenvalue weighted by Gasteiger charge is -2.18. The third-order valence-corrected chi connectivity index (χ3v) is 5.84. The number of hydrogen-bond acceptors (Lipinski definition) is 4. The molecule has 1 N–H and O–H groups in total. The molecular weight excluding hydrogens is 423 g/mol. The summed E-state index contributed by atoms with van der Waals surface area (Å²) in [5.74, 6) is 0.235. The molecule has 0 saturated carbocycles. The van der Waals surface area contributed by atoms with E-state index in [1.807, 2.05) is 30.5 Å². The predicted molar refractivity (Wildman–Crippen MR) is 119 cm³/mol. The van der Waals surface area contributed by atoms with E-state index in [0.29, 0.717) is 22.5 Å². The smallest absolute Gasteiger partial charge is 0.233 e. The zero-order chi connectivity index (χ0) is 21.7.